The molecule has 1 aliphatic rings. The second kappa shape index (κ2) is 4.61. The van der Waals surface area contributed by atoms with E-state index in [4.69, 9.17) is 0 Å². The van der Waals surface area contributed by atoms with E-state index in [0.29, 0.717) is 6.04 Å². The summed E-state index contributed by atoms with van der Waals surface area (Å²) in [5.74, 6) is 1.07. The summed E-state index contributed by atoms with van der Waals surface area (Å²) >= 11 is 0. The third-order valence-corrected chi connectivity index (χ3v) is 2.68. The number of carbonyl (C=O) groups excluding carboxylic acids is 1. The zero-order chi connectivity index (χ0) is 9.84. The van der Waals surface area contributed by atoms with E-state index in [0.717, 1.165) is 25.3 Å². The molecule has 13 heavy (non-hydrogen) atoms. The van der Waals surface area contributed by atoms with E-state index < -0.39 is 0 Å². The molecule has 76 valence electrons. The molecule has 0 spiro atoms. The minimum atomic E-state index is 0.0842. The van der Waals surface area contributed by atoms with Crippen molar-refractivity contribution >= 4 is 5.91 Å². The highest BCUT2D eigenvalue weighted by Gasteiger charge is 2.27. The first-order chi connectivity index (χ1) is 6.13. The van der Waals surface area contributed by atoms with Crippen molar-refractivity contribution in [1.82, 2.24) is 10.6 Å². The Kier molecular flexibility index (Phi) is 3.72. The number of hydrogen-bond acceptors (Lipinski definition) is 2. The third-order valence-electron chi connectivity index (χ3n) is 2.68. The first kappa shape index (κ1) is 10.5. The van der Waals surface area contributed by atoms with Crippen molar-refractivity contribution in [3.63, 3.8) is 0 Å². The quantitative estimate of drug-likeness (QED) is 0.677. The minimum absolute atomic E-state index is 0.0842. The lowest BCUT2D eigenvalue weighted by molar-refractivity contribution is -0.125. The molecule has 0 aromatic carbocycles. The van der Waals surface area contributed by atoms with Crippen LogP contribution < -0.4 is 10.6 Å². The smallest absolute Gasteiger partial charge is 0.224 e. The molecular formula is C10H20N2O. The molecule has 0 aliphatic heterocycles. The van der Waals surface area contributed by atoms with E-state index in [1.807, 2.05) is 14.0 Å². The van der Waals surface area contributed by atoms with Crippen molar-refractivity contribution in [2.24, 2.45) is 11.8 Å². The number of amides is 1. The molecule has 0 aromatic heterocycles. The van der Waals surface area contributed by atoms with Gasteiger partial charge in [-0.2, -0.15) is 0 Å². The van der Waals surface area contributed by atoms with Gasteiger partial charge < -0.3 is 10.6 Å². The molecule has 0 heterocycles. The zero-order valence-corrected chi connectivity index (χ0v) is 8.76. The van der Waals surface area contributed by atoms with Crippen molar-refractivity contribution in [3.8, 4) is 0 Å². The Labute approximate surface area is 80.3 Å². The Morgan fingerprint density at radius 3 is 2.62 bits per heavy atom. The fraction of sp³-hybridized carbons (Fsp3) is 0.900. The van der Waals surface area contributed by atoms with Gasteiger partial charge in [-0.1, -0.05) is 13.8 Å². The molecule has 1 atom stereocenters. The van der Waals surface area contributed by atoms with Crippen LogP contribution in [0.4, 0.5) is 0 Å². The molecule has 1 rings (SSSR count). The Morgan fingerprint density at radius 1 is 1.54 bits per heavy atom. The minimum Gasteiger partial charge on any atom is -0.353 e. The number of rotatable bonds is 4. The molecule has 1 aliphatic carbocycles. The average molecular weight is 184 g/mol. The van der Waals surface area contributed by atoms with Crippen LogP contribution in [-0.2, 0) is 4.79 Å². The van der Waals surface area contributed by atoms with Gasteiger partial charge in [0.25, 0.3) is 0 Å². The van der Waals surface area contributed by atoms with Crippen LogP contribution in [0.2, 0.25) is 0 Å². The lowest BCUT2D eigenvalue weighted by Crippen LogP contribution is -2.46. The maximum absolute atomic E-state index is 11.5. The highest BCUT2D eigenvalue weighted by atomic mass is 16.1. The maximum Gasteiger partial charge on any atom is 0.224 e. The summed E-state index contributed by atoms with van der Waals surface area (Å²) in [6.07, 6.45) is 2.30. The molecule has 3 heteroatoms. The van der Waals surface area contributed by atoms with Crippen LogP contribution in [0, 0.1) is 11.8 Å². The van der Waals surface area contributed by atoms with Crippen LogP contribution in [0.15, 0.2) is 0 Å². The van der Waals surface area contributed by atoms with Crippen molar-refractivity contribution < 1.29 is 4.79 Å². The van der Waals surface area contributed by atoms with Crippen LogP contribution in [0.5, 0.6) is 0 Å². The predicted octanol–water partition coefficient (Wildman–Crippen LogP) is 0.757. The van der Waals surface area contributed by atoms with Crippen LogP contribution in [0.1, 0.15) is 26.7 Å². The van der Waals surface area contributed by atoms with E-state index in [-0.39, 0.29) is 11.8 Å². The molecule has 3 nitrogen and oxygen atoms in total. The Balaban J connectivity index is 2.17. The molecule has 1 unspecified atom stereocenters. The molecule has 0 radical (unpaired) electrons. The Morgan fingerprint density at radius 2 is 2.15 bits per heavy atom. The average Bonchev–Trinajstić information content (AvgIpc) is 2.02. The Bertz CT molecular complexity index is 176. The van der Waals surface area contributed by atoms with E-state index in [2.05, 4.69) is 17.6 Å². The molecule has 0 bridgehead atoms. The van der Waals surface area contributed by atoms with Crippen molar-refractivity contribution in [3.05, 3.63) is 0 Å². The van der Waals surface area contributed by atoms with Gasteiger partial charge in [-0.15, -0.1) is 0 Å². The lowest BCUT2D eigenvalue weighted by atomic mass is 9.81. The summed E-state index contributed by atoms with van der Waals surface area (Å²) in [6.45, 7) is 4.93. The van der Waals surface area contributed by atoms with E-state index in [1.54, 1.807) is 0 Å². The van der Waals surface area contributed by atoms with Crippen LogP contribution >= 0.6 is 0 Å². The van der Waals surface area contributed by atoms with E-state index >= 15 is 0 Å². The van der Waals surface area contributed by atoms with Gasteiger partial charge in [-0.05, 0) is 25.8 Å². The molecule has 2 N–H and O–H groups in total. The van der Waals surface area contributed by atoms with Gasteiger partial charge in [-0.25, -0.2) is 0 Å². The number of nitrogens with one attached hydrogen (secondary N) is 2. The van der Waals surface area contributed by atoms with Gasteiger partial charge in [0, 0.05) is 18.5 Å². The molecular weight excluding hydrogens is 164 g/mol. The summed E-state index contributed by atoms with van der Waals surface area (Å²) in [5.41, 5.74) is 0. The fourth-order valence-corrected chi connectivity index (χ4v) is 1.76. The highest BCUT2D eigenvalue weighted by Crippen LogP contribution is 2.26. The third kappa shape index (κ3) is 2.99. The standard InChI is InChI=1S/C10H20N2O/c1-7-4-9(5-7)12-10(13)8(2)6-11-3/h7-9,11H,4-6H2,1-3H3,(H,12,13). The van der Waals surface area contributed by atoms with E-state index in [9.17, 15) is 4.79 Å². The van der Waals surface area contributed by atoms with Gasteiger partial charge in [0.05, 0.1) is 0 Å². The summed E-state index contributed by atoms with van der Waals surface area (Å²) in [6, 6.07) is 0.446. The maximum atomic E-state index is 11.5. The van der Waals surface area contributed by atoms with Gasteiger partial charge in [0.2, 0.25) is 5.91 Å². The second-order valence-electron chi connectivity index (χ2n) is 4.24. The zero-order valence-electron chi connectivity index (χ0n) is 8.76. The summed E-state index contributed by atoms with van der Waals surface area (Å²) in [5, 5.41) is 6.06. The van der Waals surface area contributed by atoms with Crippen molar-refractivity contribution in [2.45, 2.75) is 32.7 Å². The largest absolute Gasteiger partial charge is 0.353 e. The fourth-order valence-electron chi connectivity index (χ4n) is 1.76. The normalized spacial score (nSPS) is 29.2. The van der Waals surface area contributed by atoms with Gasteiger partial charge in [0.1, 0.15) is 0 Å². The van der Waals surface area contributed by atoms with Crippen LogP contribution in [0.3, 0.4) is 0 Å². The molecule has 1 amide bonds. The van der Waals surface area contributed by atoms with Crippen molar-refractivity contribution in [2.75, 3.05) is 13.6 Å². The first-order valence-corrected chi connectivity index (χ1v) is 5.08. The van der Waals surface area contributed by atoms with Gasteiger partial charge in [0.15, 0.2) is 0 Å². The molecule has 0 saturated heterocycles. The summed E-state index contributed by atoms with van der Waals surface area (Å²) in [4.78, 5) is 11.5. The molecule has 1 fully saturated rings. The summed E-state index contributed by atoms with van der Waals surface area (Å²) in [7, 11) is 1.87. The predicted molar refractivity (Wildman–Crippen MR) is 53.4 cm³/mol. The molecule has 1 saturated carbocycles. The molecule has 0 aromatic rings. The van der Waals surface area contributed by atoms with Gasteiger partial charge in [-0.3, -0.25) is 4.79 Å². The second-order valence-corrected chi connectivity index (χ2v) is 4.24. The lowest BCUT2D eigenvalue weighted by Gasteiger charge is -2.34. The van der Waals surface area contributed by atoms with Crippen LogP contribution in [-0.4, -0.2) is 25.5 Å². The summed E-state index contributed by atoms with van der Waals surface area (Å²) < 4.78 is 0. The van der Waals surface area contributed by atoms with Crippen molar-refractivity contribution in [1.29, 1.82) is 0 Å². The van der Waals surface area contributed by atoms with Gasteiger partial charge >= 0.3 is 0 Å². The Hall–Kier alpha value is -0.570. The van der Waals surface area contributed by atoms with E-state index in [1.165, 1.54) is 0 Å². The monoisotopic (exact) mass is 184 g/mol. The topological polar surface area (TPSA) is 41.1 Å². The number of hydrogen-bond donors (Lipinski definition) is 2. The number of carbonyl (C=O) groups is 1. The van der Waals surface area contributed by atoms with Crippen LogP contribution in [0.25, 0.3) is 0 Å². The SMILES string of the molecule is CNCC(C)C(=O)NC1CC(C)C1. The first-order valence-electron chi connectivity index (χ1n) is 5.08. The highest BCUT2D eigenvalue weighted by molar-refractivity contribution is 5.78.